The smallest absolute Gasteiger partial charge is 0.362 e. The Hall–Kier alpha value is -7.06. The minimum Gasteiger partial charge on any atom is -0.508 e. The number of aromatic hydroxyl groups is 2. The molecule has 0 unspecified atom stereocenters. The highest BCUT2D eigenvalue weighted by Crippen LogP contribution is 2.31. The first-order valence-corrected chi connectivity index (χ1v) is 19.8. The number of benzene rings is 4. The molecule has 8 aromatic rings. The Labute approximate surface area is 357 Å². The predicted molar refractivity (Wildman–Crippen MR) is 222 cm³/mol. The van der Waals surface area contributed by atoms with E-state index in [0.29, 0.717) is 22.2 Å². The lowest BCUT2D eigenvalue weighted by molar-refractivity contribution is -0.323. The summed E-state index contributed by atoms with van der Waals surface area (Å²) in [5.74, 6) is -0.0631. The van der Waals surface area contributed by atoms with Crippen LogP contribution in [0.25, 0.3) is 33.3 Å². The summed E-state index contributed by atoms with van der Waals surface area (Å²) in [5, 5.41) is 37.6. The third-order valence-electron chi connectivity index (χ3n) is 10.3. The number of phenols is 2. The zero-order valence-electron chi connectivity index (χ0n) is 33.6. The molecule has 0 radical (unpaired) electrons. The van der Waals surface area contributed by atoms with Crippen molar-refractivity contribution in [2.45, 2.75) is 57.1 Å². The van der Waals surface area contributed by atoms with Crippen molar-refractivity contribution in [3.63, 3.8) is 0 Å². The minimum atomic E-state index is -0.909. The summed E-state index contributed by atoms with van der Waals surface area (Å²) in [4.78, 5) is 25.8. The van der Waals surface area contributed by atoms with Crippen molar-refractivity contribution in [2.24, 2.45) is 0 Å². The first kappa shape index (κ1) is 41.3. The van der Waals surface area contributed by atoms with Crippen molar-refractivity contribution in [2.75, 3.05) is 13.7 Å². The number of nitrogens with zero attached hydrogens (tertiary/aromatic N) is 6. The molecule has 18 heteroatoms. The van der Waals surface area contributed by atoms with E-state index >= 15 is 0 Å². The van der Waals surface area contributed by atoms with E-state index < -0.39 is 42.0 Å². The molecule has 1 aliphatic heterocycles. The number of aromatic nitrogens is 6. The maximum atomic E-state index is 13.0. The summed E-state index contributed by atoms with van der Waals surface area (Å²) in [6.45, 7) is 0.287. The van der Waals surface area contributed by atoms with E-state index in [1.165, 1.54) is 40.7 Å². The molecule has 18 nitrogen and oxygen atoms in total. The van der Waals surface area contributed by atoms with E-state index in [0.717, 1.165) is 11.1 Å². The van der Waals surface area contributed by atoms with Gasteiger partial charge in [-0.3, -0.25) is 0 Å². The summed E-state index contributed by atoms with van der Waals surface area (Å²) in [6.07, 6.45) is -1.02. The fourth-order valence-corrected chi connectivity index (χ4v) is 7.23. The predicted octanol–water partition coefficient (Wildman–Crippen LogP) is 5.12. The van der Waals surface area contributed by atoms with Crippen LogP contribution in [0.3, 0.4) is 0 Å². The summed E-state index contributed by atoms with van der Waals surface area (Å²) in [7, 11) is 1.52. The number of rotatable bonds is 16. The molecule has 1 saturated heterocycles. The van der Waals surface area contributed by atoms with Gasteiger partial charge in [0.1, 0.15) is 58.5 Å². The van der Waals surface area contributed by atoms with Crippen LogP contribution in [-0.2, 0) is 54.8 Å². The van der Waals surface area contributed by atoms with Gasteiger partial charge in [0.15, 0.2) is 17.7 Å². The first-order valence-electron chi connectivity index (χ1n) is 19.8. The molecule has 0 bridgehead atoms. The largest absolute Gasteiger partial charge is 0.508 e. The van der Waals surface area contributed by atoms with Crippen molar-refractivity contribution in [3.05, 3.63) is 165 Å². The molecule has 9 rings (SSSR count). The number of methoxy groups -OCH3 is 1. The van der Waals surface area contributed by atoms with Crippen LogP contribution in [0.5, 0.6) is 11.5 Å². The summed E-state index contributed by atoms with van der Waals surface area (Å²) in [5.41, 5.74) is 1.97. The maximum absolute atomic E-state index is 13.0. The number of hydrogen-bond donors (Lipinski definition) is 2. The Bertz CT molecular complexity index is 2940. The van der Waals surface area contributed by atoms with Gasteiger partial charge < -0.3 is 47.5 Å². The zero-order valence-corrected chi connectivity index (χ0v) is 33.6. The second kappa shape index (κ2) is 18.5. The number of ether oxygens (including phenoxy) is 6. The average Bonchev–Trinajstić information content (AvgIpc) is 3.97. The van der Waals surface area contributed by atoms with Crippen molar-refractivity contribution in [1.82, 2.24) is 30.0 Å². The Balaban J connectivity index is 0.973. The van der Waals surface area contributed by atoms with Crippen LogP contribution in [0.1, 0.15) is 22.5 Å². The van der Waals surface area contributed by atoms with Crippen molar-refractivity contribution < 1.29 is 47.5 Å². The number of fused-ring (bicyclic) bond motifs is 2. The highest BCUT2D eigenvalue weighted by molar-refractivity contribution is 5.80. The van der Waals surface area contributed by atoms with Gasteiger partial charge >= 0.3 is 11.3 Å². The van der Waals surface area contributed by atoms with Crippen LogP contribution < -0.4 is 11.3 Å². The van der Waals surface area contributed by atoms with Gasteiger partial charge in [-0.2, -0.15) is 0 Å². The maximum Gasteiger partial charge on any atom is 0.362 e. The van der Waals surface area contributed by atoms with Crippen LogP contribution in [0, 0.1) is 0 Å². The molecular formula is C45H40N6O12. The summed E-state index contributed by atoms with van der Waals surface area (Å²) >= 11 is 0. The standard InChI is InChI=1S/C45H40N6O12/c1-56-45-42(59-23-28-10-6-3-7-11-28)41(58-22-27-8-4-2-5-9-27)40(60-25-32-21-51(49-47-32)36-17-30-13-15-34(53)19-38(30)62-44(36)55)39(63-45)26-57-24-31-20-50(48-46-31)35-16-29-12-14-33(52)18-37(29)61-43(35)54/h2-21,39-42,45,52-53H,22-26H2,1H3/t39-,40+,41+,42-,45+/m1/s1. The third-order valence-corrected chi connectivity index (χ3v) is 10.3. The molecule has 5 atom stereocenters. The molecule has 1 fully saturated rings. The van der Waals surface area contributed by atoms with E-state index in [4.69, 9.17) is 37.3 Å². The van der Waals surface area contributed by atoms with E-state index in [9.17, 15) is 19.8 Å². The highest BCUT2D eigenvalue weighted by atomic mass is 16.7. The monoisotopic (exact) mass is 856 g/mol. The second-order valence-electron chi connectivity index (χ2n) is 14.7. The second-order valence-corrected chi connectivity index (χ2v) is 14.7. The topological polar surface area (TPSA) is 218 Å². The summed E-state index contributed by atoms with van der Waals surface area (Å²) in [6, 6.07) is 31.5. The molecule has 0 spiro atoms. The molecule has 0 amide bonds. The molecule has 4 aromatic carbocycles. The van der Waals surface area contributed by atoms with E-state index in [2.05, 4.69) is 20.6 Å². The number of phenolic OH excluding ortho intramolecular Hbond substituents is 2. The molecule has 5 heterocycles. The fourth-order valence-electron chi connectivity index (χ4n) is 7.23. The van der Waals surface area contributed by atoms with Crippen molar-refractivity contribution in [1.29, 1.82) is 0 Å². The van der Waals surface area contributed by atoms with E-state index in [-0.39, 0.29) is 67.1 Å². The molecule has 1 aliphatic rings. The molecule has 2 N–H and O–H groups in total. The van der Waals surface area contributed by atoms with Gasteiger partial charge in [0.05, 0.1) is 45.4 Å². The molecule has 63 heavy (non-hydrogen) atoms. The Kier molecular flexibility index (Phi) is 12.1. The van der Waals surface area contributed by atoms with Gasteiger partial charge in [-0.15, -0.1) is 10.2 Å². The van der Waals surface area contributed by atoms with Gasteiger partial charge in [-0.05, 0) is 47.5 Å². The molecule has 0 saturated carbocycles. The quantitative estimate of drug-likeness (QED) is 0.121. The molecule has 0 aliphatic carbocycles. The van der Waals surface area contributed by atoms with Crippen LogP contribution in [0.15, 0.2) is 140 Å². The van der Waals surface area contributed by atoms with Gasteiger partial charge in [0, 0.05) is 30.0 Å². The summed E-state index contributed by atoms with van der Waals surface area (Å²) < 4.78 is 51.9. The number of hydrogen-bond acceptors (Lipinski definition) is 16. The van der Waals surface area contributed by atoms with Crippen LogP contribution in [-0.4, -0.2) is 84.6 Å². The Morgan fingerprint density at radius 1 is 0.603 bits per heavy atom. The average molecular weight is 857 g/mol. The van der Waals surface area contributed by atoms with Crippen molar-refractivity contribution >= 4 is 21.9 Å². The highest BCUT2D eigenvalue weighted by Gasteiger charge is 2.49. The third kappa shape index (κ3) is 9.41. The first-order chi connectivity index (χ1) is 30.8. The van der Waals surface area contributed by atoms with Crippen LogP contribution in [0.2, 0.25) is 0 Å². The van der Waals surface area contributed by atoms with E-state index in [1.54, 1.807) is 36.7 Å². The van der Waals surface area contributed by atoms with Crippen LogP contribution in [0.4, 0.5) is 0 Å². The SMILES string of the molecule is CO[C@H]1O[C@H](COCc2cn(-c3cc4ccc(O)cc4oc3=O)nn2)[C@H](OCc2cn(-c3cc4ccc(O)cc4oc3=O)nn2)[C@H](OCc2ccccc2)[C@H]1OCc1ccccc1. The Morgan fingerprint density at radius 3 is 1.65 bits per heavy atom. The van der Waals surface area contributed by atoms with Gasteiger partial charge in [-0.1, -0.05) is 71.1 Å². The normalized spacial score (nSPS) is 18.9. The zero-order chi connectivity index (χ0) is 43.3. The Morgan fingerprint density at radius 2 is 1.11 bits per heavy atom. The van der Waals surface area contributed by atoms with Crippen LogP contribution >= 0.6 is 0 Å². The lowest BCUT2D eigenvalue weighted by atomic mass is 9.98. The van der Waals surface area contributed by atoms with Gasteiger partial charge in [0.25, 0.3) is 0 Å². The lowest BCUT2D eigenvalue weighted by Crippen LogP contribution is -2.61. The molecule has 4 aromatic heterocycles. The minimum absolute atomic E-state index is 0.0250. The van der Waals surface area contributed by atoms with E-state index in [1.807, 2.05) is 60.7 Å². The molecular weight excluding hydrogens is 817 g/mol. The lowest BCUT2D eigenvalue weighted by Gasteiger charge is -2.45. The molecule has 322 valence electrons. The van der Waals surface area contributed by atoms with Crippen molar-refractivity contribution in [3.8, 4) is 22.9 Å². The van der Waals surface area contributed by atoms with Gasteiger partial charge in [0.2, 0.25) is 0 Å². The fraction of sp³-hybridized carbons (Fsp3) is 0.244. The van der Waals surface area contributed by atoms with Gasteiger partial charge in [-0.25, -0.2) is 19.0 Å².